The van der Waals surface area contributed by atoms with Crippen LogP contribution in [0.4, 0.5) is 0 Å². The van der Waals surface area contributed by atoms with E-state index < -0.39 is 0 Å². The molecule has 0 spiro atoms. The van der Waals surface area contributed by atoms with Gasteiger partial charge in [-0.15, -0.1) is 10.2 Å². The van der Waals surface area contributed by atoms with Crippen molar-refractivity contribution in [1.29, 1.82) is 0 Å². The first kappa shape index (κ1) is 7.42. The Morgan fingerprint density at radius 1 is 1.83 bits per heavy atom. The van der Waals surface area contributed by atoms with Crippen LogP contribution in [0.2, 0.25) is 0 Å². The Hall–Kier alpha value is -1.23. The first-order chi connectivity index (χ1) is 5.79. The van der Waals surface area contributed by atoms with E-state index in [-0.39, 0.29) is 11.8 Å². The van der Waals surface area contributed by atoms with Crippen LogP contribution in [-0.4, -0.2) is 27.1 Å². The third-order valence-corrected chi connectivity index (χ3v) is 2.07. The molecular weight excluding hydrogens is 156 g/mol. The highest BCUT2D eigenvalue weighted by Gasteiger charge is 2.23. The Bertz CT molecular complexity index is 306. The number of Topliss-reactive ketones (excluding diaryl/α,β-unsaturated/α-hetero) is 1. The molecule has 0 radical (unpaired) electrons. The largest absolute Gasteiger partial charge is 0.307 e. The summed E-state index contributed by atoms with van der Waals surface area (Å²) in [4.78, 5) is 11.1. The van der Waals surface area contributed by atoms with Crippen LogP contribution in [0.25, 0.3) is 0 Å². The number of carbonyl (C=O) groups is 1. The van der Waals surface area contributed by atoms with Crippen LogP contribution in [0.1, 0.15) is 18.8 Å². The predicted molar refractivity (Wildman–Crippen MR) is 41.4 cm³/mol. The minimum absolute atomic E-state index is 0.122. The average molecular weight is 166 g/mol. The van der Waals surface area contributed by atoms with Gasteiger partial charge in [-0.05, 0) is 6.92 Å². The summed E-state index contributed by atoms with van der Waals surface area (Å²) in [5.41, 5.74) is 0. The van der Waals surface area contributed by atoms with E-state index in [1.165, 1.54) is 0 Å². The summed E-state index contributed by atoms with van der Waals surface area (Å²) in [5, 5.41) is 10.8. The molecule has 0 aromatic carbocycles. The fraction of sp³-hybridized carbons (Fsp3) is 0.571. The first-order valence-electron chi connectivity index (χ1n) is 3.88. The maximum Gasteiger partial charge on any atom is 0.153 e. The molecule has 0 saturated carbocycles. The van der Waals surface area contributed by atoms with E-state index in [1.807, 2.05) is 4.57 Å². The lowest BCUT2D eigenvalue weighted by atomic mass is 10.1. The molecule has 5 nitrogen and oxygen atoms in total. The zero-order valence-corrected chi connectivity index (χ0v) is 6.82. The lowest BCUT2D eigenvalue weighted by Crippen LogP contribution is -2.36. The van der Waals surface area contributed by atoms with Crippen molar-refractivity contribution in [1.82, 2.24) is 20.1 Å². The molecule has 1 aromatic rings. The second kappa shape index (κ2) is 2.67. The number of ketones is 1. The number of hydrogen-bond acceptors (Lipinski definition) is 4. The van der Waals surface area contributed by atoms with E-state index in [0.29, 0.717) is 13.1 Å². The summed E-state index contributed by atoms with van der Waals surface area (Å²) in [5.74, 6) is 0.977. The van der Waals surface area contributed by atoms with Crippen molar-refractivity contribution in [3.63, 3.8) is 0 Å². The van der Waals surface area contributed by atoms with E-state index in [1.54, 1.807) is 13.3 Å². The van der Waals surface area contributed by atoms with Gasteiger partial charge in [0.15, 0.2) is 5.78 Å². The Morgan fingerprint density at radius 2 is 2.67 bits per heavy atom. The van der Waals surface area contributed by atoms with Crippen molar-refractivity contribution in [2.75, 3.05) is 6.54 Å². The van der Waals surface area contributed by atoms with Gasteiger partial charge < -0.3 is 9.88 Å². The van der Waals surface area contributed by atoms with Gasteiger partial charge in [-0.3, -0.25) is 4.79 Å². The fourth-order valence-electron chi connectivity index (χ4n) is 1.41. The predicted octanol–water partition coefficient (Wildman–Crippen LogP) is -0.489. The van der Waals surface area contributed by atoms with Crippen molar-refractivity contribution in [3.8, 4) is 0 Å². The maximum absolute atomic E-state index is 11.1. The minimum Gasteiger partial charge on any atom is -0.307 e. The minimum atomic E-state index is -0.122. The van der Waals surface area contributed by atoms with Crippen LogP contribution in [0.5, 0.6) is 0 Å². The van der Waals surface area contributed by atoms with Gasteiger partial charge in [-0.1, -0.05) is 0 Å². The fourth-order valence-corrected chi connectivity index (χ4v) is 1.41. The van der Waals surface area contributed by atoms with Crippen molar-refractivity contribution in [3.05, 3.63) is 12.2 Å². The van der Waals surface area contributed by atoms with Gasteiger partial charge in [0.1, 0.15) is 18.2 Å². The van der Waals surface area contributed by atoms with Gasteiger partial charge in [0.2, 0.25) is 0 Å². The second-order valence-corrected chi connectivity index (χ2v) is 2.91. The molecule has 1 aliphatic heterocycles. The number of nitrogens with zero attached hydrogens (tertiary/aromatic N) is 3. The highest BCUT2D eigenvalue weighted by Crippen LogP contribution is 2.12. The number of carbonyl (C=O) groups excluding carboxylic acids is 1. The molecule has 0 fully saturated rings. The van der Waals surface area contributed by atoms with Gasteiger partial charge >= 0.3 is 0 Å². The van der Waals surface area contributed by atoms with Gasteiger partial charge in [0, 0.05) is 6.54 Å². The lowest BCUT2D eigenvalue weighted by Gasteiger charge is -2.22. The number of fused-ring (bicyclic) bond motifs is 1. The van der Waals surface area contributed by atoms with Crippen molar-refractivity contribution in [2.45, 2.75) is 19.5 Å². The molecule has 5 heteroatoms. The van der Waals surface area contributed by atoms with E-state index in [0.717, 1.165) is 5.82 Å². The van der Waals surface area contributed by atoms with Crippen LogP contribution >= 0.6 is 0 Å². The Morgan fingerprint density at radius 3 is 3.42 bits per heavy atom. The monoisotopic (exact) mass is 166 g/mol. The number of aromatic nitrogens is 3. The zero-order chi connectivity index (χ0) is 8.55. The average Bonchev–Trinajstić information content (AvgIpc) is 2.49. The van der Waals surface area contributed by atoms with E-state index in [9.17, 15) is 4.79 Å². The Kier molecular flexibility index (Phi) is 1.65. The SMILES string of the molecule is CC(=O)C1CNCc2nncn21. The Labute approximate surface area is 69.8 Å². The van der Waals surface area contributed by atoms with E-state index >= 15 is 0 Å². The maximum atomic E-state index is 11.1. The molecule has 1 aliphatic rings. The lowest BCUT2D eigenvalue weighted by molar-refractivity contribution is -0.120. The van der Waals surface area contributed by atoms with Gasteiger partial charge in [0.05, 0.1) is 6.54 Å². The summed E-state index contributed by atoms with van der Waals surface area (Å²) in [6, 6.07) is -0.122. The zero-order valence-electron chi connectivity index (χ0n) is 6.82. The topological polar surface area (TPSA) is 59.8 Å². The molecule has 0 bridgehead atoms. The van der Waals surface area contributed by atoms with Crippen molar-refractivity contribution in [2.24, 2.45) is 0 Å². The second-order valence-electron chi connectivity index (χ2n) is 2.91. The van der Waals surface area contributed by atoms with Crippen LogP contribution in [0, 0.1) is 0 Å². The molecule has 1 aromatic heterocycles. The smallest absolute Gasteiger partial charge is 0.153 e. The molecule has 2 heterocycles. The van der Waals surface area contributed by atoms with Crippen LogP contribution in [-0.2, 0) is 11.3 Å². The van der Waals surface area contributed by atoms with Crippen LogP contribution < -0.4 is 5.32 Å². The summed E-state index contributed by atoms with van der Waals surface area (Å²) in [6.45, 7) is 2.96. The van der Waals surface area contributed by atoms with Crippen molar-refractivity contribution < 1.29 is 4.79 Å². The van der Waals surface area contributed by atoms with Crippen molar-refractivity contribution >= 4 is 5.78 Å². The number of rotatable bonds is 1. The summed E-state index contributed by atoms with van der Waals surface area (Å²) in [6.07, 6.45) is 1.61. The molecule has 12 heavy (non-hydrogen) atoms. The van der Waals surface area contributed by atoms with Crippen LogP contribution in [0.3, 0.4) is 0 Å². The molecule has 1 unspecified atom stereocenters. The summed E-state index contributed by atoms with van der Waals surface area (Å²) < 4.78 is 1.83. The molecular formula is C7H10N4O. The number of hydrogen-bond donors (Lipinski definition) is 1. The molecule has 0 saturated heterocycles. The third kappa shape index (κ3) is 1.02. The molecule has 0 aliphatic carbocycles. The number of nitrogens with one attached hydrogen (secondary N) is 1. The van der Waals surface area contributed by atoms with Gasteiger partial charge in [-0.25, -0.2) is 0 Å². The third-order valence-electron chi connectivity index (χ3n) is 2.07. The highest BCUT2D eigenvalue weighted by molar-refractivity contribution is 5.80. The van der Waals surface area contributed by atoms with Gasteiger partial charge in [0.25, 0.3) is 0 Å². The summed E-state index contributed by atoms with van der Waals surface area (Å²) >= 11 is 0. The van der Waals surface area contributed by atoms with Gasteiger partial charge in [-0.2, -0.15) is 0 Å². The molecule has 0 amide bonds. The highest BCUT2D eigenvalue weighted by atomic mass is 16.1. The molecule has 2 rings (SSSR count). The normalized spacial score (nSPS) is 21.9. The van der Waals surface area contributed by atoms with E-state index in [4.69, 9.17) is 0 Å². The standard InChI is InChI=1S/C7H10N4O/c1-5(12)6-2-8-3-7-10-9-4-11(6)7/h4,6,8H,2-3H2,1H3. The molecule has 1 N–H and O–H groups in total. The summed E-state index contributed by atoms with van der Waals surface area (Å²) in [7, 11) is 0. The first-order valence-corrected chi connectivity index (χ1v) is 3.88. The van der Waals surface area contributed by atoms with E-state index in [2.05, 4.69) is 15.5 Å². The Balaban J connectivity index is 2.37. The quantitative estimate of drug-likeness (QED) is 0.611. The van der Waals surface area contributed by atoms with Crippen LogP contribution in [0.15, 0.2) is 6.33 Å². The molecule has 64 valence electrons. The molecule has 1 atom stereocenters.